The maximum absolute atomic E-state index is 12.5. The molecule has 0 aliphatic rings. The number of hydrogen-bond donors (Lipinski definition) is 1. The van der Waals surface area contributed by atoms with Gasteiger partial charge in [0.15, 0.2) is 0 Å². The second-order valence-corrected chi connectivity index (χ2v) is 8.19. The van der Waals surface area contributed by atoms with Gasteiger partial charge in [-0.1, -0.05) is 25.0 Å². The van der Waals surface area contributed by atoms with Crippen LogP contribution in [0.4, 0.5) is 13.2 Å². The predicted octanol–water partition coefficient (Wildman–Crippen LogP) is 4.81. The molecule has 0 atom stereocenters. The van der Waals surface area contributed by atoms with Gasteiger partial charge in [0.05, 0.1) is 5.56 Å². The number of benzene rings is 1. The number of alkyl halides is 3. The summed E-state index contributed by atoms with van der Waals surface area (Å²) in [7, 11) is -3.00. The Hall–Kier alpha value is -0.893. The second kappa shape index (κ2) is 10.2. The standard InChI is InChI=1S/C17H27F3O3Si/c1-3-22-24(21,23-4-2)14-8-6-5-7-9-15-10-12-16(13-11-15)17(18,19)20/h10-13,21H,3-9,14H2,1-2H3. The van der Waals surface area contributed by atoms with Crippen LogP contribution in [-0.2, 0) is 21.4 Å². The van der Waals surface area contributed by atoms with Gasteiger partial charge in [-0.2, -0.15) is 13.2 Å². The summed E-state index contributed by atoms with van der Waals surface area (Å²) in [4.78, 5) is 10.2. The summed E-state index contributed by atoms with van der Waals surface area (Å²) in [6, 6.07) is 5.89. The summed E-state index contributed by atoms with van der Waals surface area (Å²) in [6.45, 7) is 4.55. The number of halogens is 3. The monoisotopic (exact) mass is 364 g/mol. The van der Waals surface area contributed by atoms with Crippen molar-refractivity contribution in [1.82, 2.24) is 0 Å². The first-order valence-corrected chi connectivity index (χ1v) is 10.4. The molecule has 3 nitrogen and oxygen atoms in total. The number of aryl methyl sites for hydroxylation is 1. The van der Waals surface area contributed by atoms with Crippen molar-refractivity contribution < 1.29 is 26.8 Å². The van der Waals surface area contributed by atoms with Crippen molar-refractivity contribution in [3.63, 3.8) is 0 Å². The van der Waals surface area contributed by atoms with E-state index in [0.29, 0.717) is 19.3 Å². The van der Waals surface area contributed by atoms with Crippen LogP contribution < -0.4 is 0 Å². The van der Waals surface area contributed by atoms with Crippen molar-refractivity contribution >= 4 is 8.80 Å². The minimum absolute atomic E-state index is 0.441. The molecule has 138 valence electrons. The highest BCUT2D eigenvalue weighted by Crippen LogP contribution is 2.29. The van der Waals surface area contributed by atoms with E-state index < -0.39 is 20.5 Å². The Morgan fingerprint density at radius 3 is 1.96 bits per heavy atom. The average Bonchev–Trinajstić information content (AvgIpc) is 2.51. The van der Waals surface area contributed by atoms with Crippen molar-refractivity contribution in [3.05, 3.63) is 35.4 Å². The second-order valence-electron chi connectivity index (χ2n) is 5.69. The van der Waals surface area contributed by atoms with E-state index in [2.05, 4.69) is 0 Å². The Morgan fingerprint density at radius 2 is 1.46 bits per heavy atom. The predicted molar refractivity (Wildman–Crippen MR) is 89.6 cm³/mol. The highest BCUT2D eigenvalue weighted by Gasteiger charge is 2.35. The number of hydrogen-bond acceptors (Lipinski definition) is 3. The van der Waals surface area contributed by atoms with Crippen molar-refractivity contribution in [2.24, 2.45) is 0 Å². The summed E-state index contributed by atoms with van der Waals surface area (Å²) in [5.74, 6) is 0. The van der Waals surface area contributed by atoms with Crippen LogP contribution in [0.2, 0.25) is 6.04 Å². The van der Waals surface area contributed by atoms with Gasteiger partial charge >= 0.3 is 15.0 Å². The van der Waals surface area contributed by atoms with E-state index >= 15 is 0 Å². The molecule has 1 N–H and O–H groups in total. The molecule has 0 bridgehead atoms. The molecule has 0 unspecified atom stereocenters. The van der Waals surface area contributed by atoms with Crippen LogP contribution in [0.1, 0.15) is 50.7 Å². The molecule has 7 heteroatoms. The zero-order chi connectivity index (χ0) is 18.1. The van der Waals surface area contributed by atoms with E-state index in [1.165, 1.54) is 0 Å². The Kier molecular flexibility index (Phi) is 8.97. The van der Waals surface area contributed by atoms with Gasteiger partial charge in [0, 0.05) is 19.3 Å². The molecule has 0 spiro atoms. The molecule has 0 saturated carbocycles. The summed E-state index contributed by atoms with van der Waals surface area (Å²) >= 11 is 0. The molecule has 1 aromatic rings. The quantitative estimate of drug-likeness (QED) is 0.452. The van der Waals surface area contributed by atoms with Crippen molar-refractivity contribution in [3.8, 4) is 0 Å². The smallest absolute Gasteiger partial charge is 0.390 e. The summed E-state index contributed by atoms with van der Waals surface area (Å²) < 4.78 is 48.2. The van der Waals surface area contributed by atoms with Crippen LogP contribution in [-0.4, -0.2) is 26.8 Å². The summed E-state index contributed by atoms with van der Waals surface area (Å²) in [5, 5.41) is 0. The molecule has 0 radical (unpaired) electrons. The summed E-state index contributed by atoms with van der Waals surface area (Å²) in [6.07, 6.45) is 0.126. The first-order chi connectivity index (χ1) is 11.3. The Balaban J connectivity index is 2.24. The van der Waals surface area contributed by atoms with Crippen LogP contribution >= 0.6 is 0 Å². The lowest BCUT2D eigenvalue weighted by Gasteiger charge is -2.22. The maximum atomic E-state index is 12.5. The number of rotatable bonds is 11. The zero-order valence-corrected chi connectivity index (χ0v) is 15.4. The van der Waals surface area contributed by atoms with Crippen LogP contribution in [0.15, 0.2) is 24.3 Å². The lowest BCUT2D eigenvalue weighted by atomic mass is 10.0. The fraction of sp³-hybridized carbons (Fsp3) is 0.647. The molecule has 1 aromatic carbocycles. The van der Waals surface area contributed by atoms with Crippen molar-refractivity contribution in [2.75, 3.05) is 13.2 Å². The normalized spacial score (nSPS) is 12.6. The fourth-order valence-corrected chi connectivity index (χ4v) is 4.50. The molecule has 0 fully saturated rings. The van der Waals surface area contributed by atoms with Gasteiger partial charge < -0.3 is 13.6 Å². The van der Waals surface area contributed by atoms with Crippen molar-refractivity contribution in [1.29, 1.82) is 0 Å². The van der Waals surface area contributed by atoms with Gasteiger partial charge in [-0.15, -0.1) is 0 Å². The maximum Gasteiger partial charge on any atom is 0.498 e. The van der Waals surface area contributed by atoms with Gasteiger partial charge in [-0.25, -0.2) is 0 Å². The third-order valence-corrected chi connectivity index (χ3v) is 6.19. The molecule has 24 heavy (non-hydrogen) atoms. The topological polar surface area (TPSA) is 38.7 Å². The van der Waals surface area contributed by atoms with Gasteiger partial charge in [-0.05, 0) is 50.8 Å². The van der Waals surface area contributed by atoms with E-state index in [0.717, 1.165) is 49.8 Å². The van der Waals surface area contributed by atoms with Crippen LogP contribution in [0.3, 0.4) is 0 Å². The molecule has 0 amide bonds. The van der Waals surface area contributed by atoms with Gasteiger partial charge in [0.25, 0.3) is 0 Å². The Bertz CT molecular complexity index is 457. The van der Waals surface area contributed by atoms with Crippen LogP contribution in [0.25, 0.3) is 0 Å². The largest absolute Gasteiger partial charge is 0.498 e. The minimum Gasteiger partial charge on any atom is -0.390 e. The third kappa shape index (κ3) is 7.79. The highest BCUT2D eigenvalue weighted by atomic mass is 28.4. The summed E-state index contributed by atoms with van der Waals surface area (Å²) in [5.41, 5.74) is 0.305. The molecule has 0 aliphatic carbocycles. The van der Waals surface area contributed by atoms with Crippen molar-refractivity contribution in [2.45, 2.75) is 58.2 Å². The van der Waals surface area contributed by atoms with Crippen LogP contribution in [0, 0.1) is 0 Å². The molecular weight excluding hydrogens is 337 g/mol. The van der Waals surface area contributed by atoms with Gasteiger partial charge in [0.2, 0.25) is 0 Å². The minimum atomic E-state index is -4.28. The SMILES string of the molecule is CCO[Si](O)(CCCCCCc1ccc(C(F)(F)F)cc1)OCC. The van der Waals surface area contributed by atoms with Crippen LogP contribution in [0.5, 0.6) is 0 Å². The van der Waals surface area contributed by atoms with E-state index in [9.17, 15) is 18.0 Å². The Labute approximate surface area is 143 Å². The molecular formula is C17H27F3O3Si. The fourth-order valence-electron chi connectivity index (χ4n) is 2.53. The molecule has 0 saturated heterocycles. The first kappa shape index (κ1) is 21.2. The Morgan fingerprint density at radius 1 is 0.917 bits per heavy atom. The zero-order valence-electron chi connectivity index (χ0n) is 14.4. The first-order valence-electron chi connectivity index (χ1n) is 8.47. The van der Waals surface area contributed by atoms with E-state index in [-0.39, 0.29) is 0 Å². The average molecular weight is 364 g/mol. The van der Waals surface area contributed by atoms with E-state index in [1.807, 2.05) is 13.8 Å². The molecule has 1 rings (SSSR count). The van der Waals surface area contributed by atoms with Gasteiger partial charge in [-0.3, -0.25) is 0 Å². The molecule has 0 heterocycles. The molecule has 0 aliphatic heterocycles. The van der Waals surface area contributed by atoms with E-state index in [1.54, 1.807) is 12.1 Å². The number of unbranched alkanes of at least 4 members (excludes halogenated alkanes) is 3. The van der Waals surface area contributed by atoms with E-state index in [4.69, 9.17) is 8.85 Å². The highest BCUT2D eigenvalue weighted by molar-refractivity contribution is 6.59. The van der Waals surface area contributed by atoms with Gasteiger partial charge in [0.1, 0.15) is 0 Å². The third-order valence-electron chi connectivity index (χ3n) is 3.73. The lowest BCUT2D eigenvalue weighted by molar-refractivity contribution is -0.137. The molecule has 0 aromatic heterocycles. The lowest BCUT2D eigenvalue weighted by Crippen LogP contribution is -2.42.